The van der Waals surface area contributed by atoms with Crippen LogP contribution in [0.4, 0.5) is 0 Å². The average Bonchev–Trinajstić information content (AvgIpc) is 2.42. The van der Waals surface area contributed by atoms with Crippen molar-refractivity contribution in [2.24, 2.45) is 0 Å². The Morgan fingerprint density at radius 3 is 2.56 bits per heavy atom. The van der Waals surface area contributed by atoms with Gasteiger partial charge in [-0.2, -0.15) is 0 Å². The minimum absolute atomic E-state index is 0.0303. The maximum Gasteiger partial charge on any atom is 0.191 e. The van der Waals surface area contributed by atoms with Crippen LogP contribution in [0.1, 0.15) is 46.5 Å². The zero-order chi connectivity index (χ0) is 13.8. The van der Waals surface area contributed by atoms with Gasteiger partial charge in [-0.3, -0.25) is 0 Å². The van der Waals surface area contributed by atoms with Crippen LogP contribution in [0.5, 0.6) is 0 Å². The quantitative estimate of drug-likeness (QED) is 0.799. The van der Waals surface area contributed by atoms with Crippen LogP contribution in [0.25, 0.3) is 0 Å². The van der Waals surface area contributed by atoms with Gasteiger partial charge in [0.15, 0.2) is 8.32 Å². The van der Waals surface area contributed by atoms with Crippen LogP contribution in [0, 0.1) is 0 Å². The molecule has 0 amide bonds. The fourth-order valence-corrected chi connectivity index (χ4v) is 2.97. The van der Waals surface area contributed by atoms with E-state index in [0.29, 0.717) is 6.61 Å². The molecule has 0 aliphatic carbocycles. The third-order valence-electron chi connectivity index (χ3n) is 4.33. The molecule has 1 saturated heterocycles. The number of ether oxygens (including phenoxy) is 1. The highest BCUT2D eigenvalue weighted by molar-refractivity contribution is 6.74. The number of hydrogen-bond donors (Lipinski definition) is 1. The molecule has 1 N–H and O–H groups in total. The first-order valence-electron chi connectivity index (χ1n) is 7.18. The molecule has 0 bridgehead atoms. The fraction of sp³-hybridized carbons (Fsp3) is 1.00. The van der Waals surface area contributed by atoms with E-state index in [9.17, 15) is 5.11 Å². The lowest BCUT2D eigenvalue weighted by Crippen LogP contribution is -2.42. The Morgan fingerprint density at radius 1 is 1.28 bits per heavy atom. The van der Waals surface area contributed by atoms with Crippen LogP contribution in [0.2, 0.25) is 18.1 Å². The summed E-state index contributed by atoms with van der Waals surface area (Å²) in [7, 11) is -1.66. The molecule has 0 aromatic rings. The Bertz CT molecular complexity index is 248. The first-order valence-corrected chi connectivity index (χ1v) is 10.1. The maximum atomic E-state index is 9.97. The highest BCUT2D eigenvalue weighted by Crippen LogP contribution is 2.36. The van der Waals surface area contributed by atoms with Gasteiger partial charge in [0.25, 0.3) is 0 Å². The molecular formula is C14H30O3Si. The van der Waals surface area contributed by atoms with E-state index >= 15 is 0 Å². The third-order valence-corrected chi connectivity index (χ3v) is 8.86. The Kier molecular flexibility index (Phi) is 5.84. The zero-order valence-electron chi connectivity index (χ0n) is 12.7. The predicted molar refractivity (Wildman–Crippen MR) is 77.4 cm³/mol. The summed E-state index contributed by atoms with van der Waals surface area (Å²) in [5.41, 5.74) is 0. The Balaban J connectivity index is 2.36. The van der Waals surface area contributed by atoms with Gasteiger partial charge in [0, 0.05) is 13.2 Å². The maximum absolute atomic E-state index is 9.97. The average molecular weight is 274 g/mol. The van der Waals surface area contributed by atoms with Crippen LogP contribution < -0.4 is 0 Å². The second-order valence-electron chi connectivity index (χ2n) is 6.87. The normalized spacial score (nSPS) is 27.0. The molecule has 0 saturated carbocycles. The highest BCUT2D eigenvalue weighted by atomic mass is 28.4. The first kappa shape index (κ1) is 16.2. The molecule has 0 aromatic heterocycles. The molecule has 0 spiro atoms. The molecule has 0 unspecified atom stereocenters. The van der Waals surface area contributed by atoms with Gasteiger partial charge < -0.3 is 14.3 Å². The summed E-state index contributed by atoms with van der Waals surface area (Å²) in [6.45, 7) is 12.7. The second kappa shape index (κ2) is 6.50. The van der Waals surface area contributed by atoms with E-state index in [1.165, 1.54) is 0 Å². The molecule has 4 heteroatoms. The summed E-state index contributed by atoms with van der Waals surface area (Å²) < 4.78 is 11.8. The fourth-order valence-electron chi connectivity index (χ4n) is 1.91. The van der Waals surface area contributed by atoms with Gasteiger partial charge in [-0.15, -0.1) is 0 Å². The van der Waals surface area contributed by atoms with E-state index in [1.54, 1.807) is 0 Å². The summed E-state index contributed by atoms with van der Waals surface area (Å²) in [5, 5.41) is 10.2. The van der Waals surface area contributed by atoms with Crippen molar-refractivity contribution in [3.63, 3.8) is 0 Å². The van der Waals surface area contributed by atoms with E-state index in [2.05, 4.69) is 33.9 Å². The van der Waals surface area contributed by atoms with Gasteiger partial charge in [-0.25, -0.2) is 0 Å². The number of aliphatic hydroxyl groups is 1. The van der Waals surface area contributed by atoms with E-state index in [4.69, 9.17) is 9.16 Å². The standard InChI is InChI=1S/C14H30O3Si/c1-14(2,3)18(4,5)17-11-9-13-12(15)8-6-7-10-16-13/h12-13,15H,6-11H2,1-5H3/t12-,13+/m1/s1. The van der Waals surface area contributed by atoms with Gasteiger partial charge in [-0.1, -0.05) is 20.8 Å². The molecule has 0 radical (unpaired) electrons. The summed E-state index contributed by atoms with van der Waals surface area (Å²) in [6, 6.07) is 0. The van der Waals surface area contributed by atoms with Gasteiger partial charge in [0.1, 0.15) is 0 Å². The van der Waals surface area contributed by atoms with E-state index in [0.717, 1.165) is 32.3 Å². The molecular weight excluding hydrogens is 244 g/mol. The van der Waals surface area contributed by atoms with Gasteiger partial charge in [0.05, 0.1) is 12.2 Å². The van der Waals surface area contributed by atoms with E-state index in [1.807, 2.05) is 0 Å². The summed E-state index contributed by atoms with van der Waals surface area (Å²) in [6.07, 6.45) is 3.48. The number of hydrogen-bond acceptors (Lipinski definition) is 3. The molecule has 1 rings (SSSR count). The van der Waals surface area contributed by atoms with Crippen molar-refractivity contribution in [3.05, 3.63) is 0 Å². The van der Waals surface area contributed by atoms with E-state index in [-0.39, 0.29) is 17.2 Å². The lowest BCUT2D eigenvalue weighted by Gasteiger charge is -2.36. The van der Waals surface area contributed by atoms with Gasteiger partial charge in [0.2, 0.25) is 0 Å². The smallest absolute Gasteiger partial charge is 0.191 e. The van der Waals surface area contributed by atoms with Crippen molar-refractivity contribution in [2.75, 3.05) is 13.2 Å². The Morgan fingerprint density at radius 2 is 1.94 bits per heavy atom. The van der Waals surface area contributed by atoms with E-state index < -0.39 is 8.32 Å². The molecule has 2 atom stereocenters. The van der Waals surface area contributed by atoms with Crippen molar-refractivity contribution in [1.82, 2.24) is 0 Å². The minimum atomic E-state index is -1.66. The second-order valence-corrected chi connectivity index (χ2v) is 11.7. The zero-order valence-corrected chi connectivity index (χ0v) is 13.7. The largest absolute Gasteiger partial charge is 0.417 e. The predicted octanol–water partition coefficient (Wildman–Crippen LogP) is 3.33. The van der Waals surface area contributed by atoms with Crippen LogP contribution in [0.3, 0.4) is 0 Å². The lowest BCUT2D eigenvalue weighted by molar-refractivity contribution is -0.0355. The SMILES string of the molecule is CC(C)(C)[Si](C)(C)OCC[C@@H]1OCCCC[C@H]1O. The molecule has 1 fully saturated rings. The molecule has 18 heavy (non-hydrogen) atoms. The molecule has 1 aliphatic heterocycles. The summed E-state index contributed by atoms with van der Waals surface area (Å²) >= 11 is 0. The highest BCUT2D eigenvalue weighted by Gasteiger charge is 2.37. The van der Waals surface area contributed by atoms with Gasteiger partial charge in [-0.05, 0) is 43.8 Å². The van der Waals surface area contributed by atoms with Crippen LogP contribution >= 0.6 is 0 Å². The van der Waals surface area contributed by atoms with Crippen molar-refractivity contribution in [1.29, 1.82) is 0 Å². The van der Waals surface area contributed by atoms with Crippen LogP contribution in [0.15, 0.2) is 0 Å². The first-order chi connectivity index (χ1) is 8.24. The lowest BCUT2D eigenvalue weighted by atomic mass is 10.1. The molecule has 108 valence electrons. The Hall–Kier alpha value is 0.0969. The Labute approximate surface area is 113 Å². The van der Waals surface area contributed by atoms with Crippen LogP contribution in [-0.2, 0) is 9.16 Å². The van der Waals surface area contributed by atoms with Gasteiger partial charge >= 0.3 is 0 Å². The summed E-state index contributed by atoms with van der Waals surface area (Å²) in [4.78, 5) is 0. The number of rotatable bonds is 4. The molecule has 1 heterocycles. The molecule has 1 aliphatic rings. The van der Waals surface area contributed by atoms with Crippen molar-refractivity contribution >= 4 is 8.32 Å². The van der Waals surface area contributed by atoms with Crippen molar-refractivity contribution in [3.8, 4) is 0 Å². The summed E-state index contributed by atoms with van der Waals surface area (Å²) in [5.74, 6) is 0. The van der Waals surface area contributed by atoms with Crippen molar-refractivity contribution < 1.29 is 14.3 Å². The third kappa shape index (κ3) is 4.65. The topological polar surface area (TPSA) is 38.7 Å². The van der Waals surface area contributed by atoms with Crippen LogP contribution in [-0.4, -0.2) is 38.8 Å². The monoisotopic (exact) mass is 274 g/mol. The number of aliphatic hydroxyl groups excluding tert-OH is 1. The molecule has 3 nitrogen and oxygen atoms in total. The molecule has 0 aromatic carbocycles. The van der Waals surface area contributed by atoms with Crippen molar-refractivity contribution in [2.45, 2.75) is 76.8 Å². The minimum Gasteiger partial charge on any atom is -0.417 e.